The highest BCUT2D eigenvalue weighted by atomic mass is 31.2. The lowest BCUT2D eigenvalue weighted by Gasteiger charge is -2.19. The molecule has 0 spiro atoms. The van der Waals surface area contributed by atoms with E-state index in [1.807, 2.05) is 0 Å². The molecule has 1 aliphatic rings. The second kappa shape index (κ2) is 7.92. The first kappa shape index (κ1) is 20.6. The minimum absolute atomic E-state index is 0.0695. The average molecular weight is 387 g/mol. The van der Waals surface area contributed by atoms with Gasteiger partial charge >= 0.3 is 5.69 Å². The fourth-order valence-electron chi connectivity index (χ4n) is 2.74. The van der Waals surface area contributed by atoms with Crippen LogP contribution in [0, 0.1) is 0 Å². The van der Waals surface area contributed by atoms with Gasteiger partial charge in [-0.15, -0.1) is 13.2 Å². The molecule has 0 aromatic carbocycles. The largest absolute Gasteiger partial charge is 0.388 e. The third kappa shape index (κ3) is 4.94. The summed E-state index contributed by atoms with van der Waals surface area (Å²) in [5.74, 6) is -0.325. The number of H-pyrrole nitrogens is 1. The molecule has 1 saturated heterocycles. The van der Waals surface area contributed by atoms with E-state index in [2.05, 4.69) is 29.9 Å². The van der Waals surface area contributed by atoms with Gasteiger partial charge < -0.3 is 20.3 Å². The van der Waals surface area contributed by atoms with Gasteiger partial charge in [-0.1, -0.05) is 0 Å². The van der Waals surface area contributed by atoms with Crippen molar-refractivity contribution in [3.05, 3.63) is 32.6 Å². The third-order valence-corrected chi connectivity index (χ3v) is 5.67. The number of rotatable bonds is 6. The molecule has 2 rings (SSSR count). The van der Waals surface area contributed by atoms with Crippen LogP contribution in [0.15, 0.2) is 15.8 Å². The van der Waals surface area contributed by atoms with E-state index in [1.165, 1.54) is 13.1 Å². The minimum Gasteiger partial charge on any atom is -0.388 e. The van der Waals surface area contributed by atoms with Crippen molar-refractivity contribution in [2.75, 3.05) is 19.5 Å². The van der Waals surface area contributed by atoms with Crippen molar-refractivity contribution >= 4 is 19.1 Å². The molecular weight excluding hydrogens is 361 g/mol. The number of carbonyl (C=O) groups is 1. The second-order valence-electron chi connectivity index (χ2n) is 7.22. The Hall–Kier alpha value is -1.67. The lowest BCUT2D eigenvalue weighted by molar-refractivity contribution is -0.119. The Morgan fingerprint density at radius 3 is 2.62 bits per heavy atom. The molecule has 0 saturated carbocycles. The maximum absolute atomic E-state index is 12.1. The molecule has 1 aromatic rings. The van der Waals surface area contributed by atoms with E-state index >= 15 is 0 Å². The second-order valence-corrected chi connectivity index (χ2v) is 11.5. The summed E-state index contributed by atoms with van der Waals surface area (Å²) in [6.07, 6.45) is 2.40. The molecule has 1 aromatic heterocycles. The number of aromatic nitrogens is 2. The van der Waals surface area contributed by atoms with Crippen LogP contribution in [0.3, 0.4) is 0 Å². The number of hydrogen-bond donors (Lipinski definition) is 4. The summed E-state index contributed by atoms with van der Waals surface area (Å²) in [5, 5.41) is 23.0. The van der Waals surface area contributed by atoms with E-state index in [4.69, 9.17) is 4.74 Å². The highest BCUT2D eigenvalue weighted by Gasteiger charge is 2.44. The molecule has 0 radical (unpaired) electrons. The van der Waals surface area contributed by atoms with Gasteiger partial charge in [0.1, 0.15) is 12.2 Å². The Morgan fingerprint density at radius 2 is 2.04 bits per heavy atom. The number of nitrogens with one attached hydrogen (secondary N) is 2. The molecule has 10 heteroatoms. The predicted molar refractivity (Wildman–Crippen MR) is 100 cm³/mol. The molecule has 4 N–H and O–H groups in total. The third-order valence-electron chi connectivity index (χ3n) is 4.20. The smallest absolute Gasteiger partial charge is 0.330 e. The Morgan fingerprint density at radius 1 is 1.38 bits per heavy atom. The van der Waals surface area contributed by atoms with Gasteiger partial charge in [-0.25, -0.2) is 4.79 Å². The molecule has 9 nitrogen and oxygen atoms in total. The molecular formula is C16H26N3O6P. The van der Waals surface area contributed by atoms with E-state index in [-0.39, 0.29) is 18.0 Å². The van der Waals surface area contributed by atoms with Crippen LogP contribution in [0.2, 0.25) is 0 Å². The highest BCUT2D eigenvalue weighted by Crippen LogP contribution is 2.39. The number of nitrogens with zero attached hydrogens (tertiary/aromatic N) is 1. The number of aliphatic hydroxyl groups excluding tert-OH is 2. The summed E-state index contributed by atoms with van der Waals surface area (Å²) < 4.78 is 6.75. The van der Waals surface area contributed by atoms with Gasteiger partial charge in [-0.3, -0.25) is 19.1 Å². The Bertz CT molecular complexity index is 826. The molecule has 0 unspecified atom stereocenters. The lowest BCUT2D eigenvalue weighted by atomic mass is 10.1. The number of amides is 1. The number of ether oxygens (including phenoxy) is 1. The molecule has 0 aliphatic carbocycles. The Labute approximate surface area is 151 Å². The van der Waals surface area contributed by atoms with E-state index in [9.17, 15) is 24.6 Å². The highest BCUT2D eigenvalue weighted by molar-refractivity contribution is 7.72. The van der Waals surface area contributed by atoms with Gasteiger partial charge in [0.05, 0.1) is 11.7 Å². The number of aromatic amines is 1. The standard InChI is InChI=1S/C16H26N3O6P/c1-9(20)17-7-10-8-19(16(24)18-14(10)23)15-13(22)12(21)11(25-15)5-6-26(2,3)4/h8,11-13,15,21-22H,2,5-7H2,1,3-4H3,(H,17,20)(H,18,23,24)/t11-,12-,13-,15-/m1/s1. The van der Waals surface area contributed by atoms with Crippen LogP contribution in [0.25, 0.3) is 0 Å². The summed E-state index contributed by atoms with van der Waals surface area (Å²) in [6, 6.07) is 0. The fourth-order valence-corrected chi connectivity index (χ4v) is 3.69. The lowest BCUT2D eigenvalue weighted by Crippen LogP contribution is -2.39. The van der Waals surface area contributed by atoms with Gasteiger partial charge in [-0.05, 0) is 25.9 Å². The zero-order valence-electron chi connectivity index (χ0n) is 15.1. The van der Waals surface area contributed by atoms with Gasteiger partial charge in [0, 0.05) is 19.7 Å². The summed E-state index contributed by atoms with van der Waals surface area (Å²) in [4.78, 5) is 37.2. The van der Waals surface area contributed by atoms with E-state index in [0.717, 1.165) is 10.7 Å². The van der Waals surface area contributed by atoms with E-state index in [1.54, 1.807) is 0 Å². The molecule has 1 amide bonds. The Balaban J connectivity index is 2.25. The quantitative estimate of drug-likeness (QED) is 0.458. The van der Waals surface area contributed by atoms with E-state index in [0.29, 0.717) is 6.42 Å². The van der Waals surface area contributed by atoms with Crippen LogP contribution in [0.5, 0.6) is 0 Å². The average Bonchev–Trinajstić information content (AvgIpc) is 2.79. The van der Waals surface area contributed by atoms with Crippen LogP contribution in [0.1, 0.15) is 25.1 Å². The first-order chi connectivity index (χ1) is 12.0. The molecule has 2 heterocycles. The van der Waals surface area contributed by atoms with Crippen molar-refractivity contribution in [2.45, 2.75) is 44.4 Å². The summed E-state index contributed by atoms with van der Waals surface area (Å²) in [5.41, 5.74) is -1.25. The SMILES string of the molecule is C=P(C)(C)CC[C@H]1O[C@@H](n2cc(CNC(C)=O)c(=O)[nH]c2=O)[C@H](O)[C@@H]1O. The maximum atomic E-state index is 12.1. The molecule has 146 valence electrons. The number of hydrogen-bond acceptors (Lipinski definition) is 6. The van der Waals surface area contributed by atoms with Crippen molar-refractivity contribution in [2.24, 2.45) is 0 Å². The number of carbonyl (C=O) groups excluding carboxylic acids is 1. The minimum atomic E-state index is -1.33. The van der Waals surface area contributed by atoms with Gasteiger partial charge in [-0.2, -0.15) is 0 Å². The molecule has 1 fully saturated rings. The van der Waals surface area contributed by atoms with Crippen LogP contribution in [-0.2, 0) is 16.1 Å². The van der Waals surface area contributed by atoms with Crippen molar-refractivity contribution in [3.8, 4) is 0 Å². The fraction of sp³-hybridized carbons (Fsp3) is 0.625. The first-order valence-corrected chi connectivity index (χ1v) is 11.3. The first-order valence-electron chi connectivity index (χ1n) is 8.27. The summed E-state index contributed by atoms with van der Waals surface area (Å²) >= 11 is 0. The van der Waals surface area contributed by atoms with Crippen molar-refractivity contribution < 1.29 is 19.7 Å². The summed E-state index contributed by atoms with van der Waals surface area (Å²) in [6.45, 7) is 4.03. The molecule has 1 aliphatic heterocycles. The predicted octanol–water partition coefficient (Wildman–Crippen LogP) is -1.11. The maximum Gasteiger partial charge on any atom is 0.330 e. The van der Waals surface area contributed by atoms with Crippen LogP contribution in [-0.4, -0.2) is 69.8 Å². The normalized spacial score (nSPS) is 26.0. The monoisotopic (exact) mass is 387 g/mol. The van der Waals surface area contributed by atoms with Crippen molar-refractivity contribution in [1.29, 1.82) is 0 Å². The summed E-state index contributed by atoms with van der Waals surface area (Å²) in [7, 11) is 0. The zero-order valence-corrected chi connectivity index (χ0v) is 16.0. The van der Waals surface area contributed by atoms with Crippen LogP contribution in [0.4, 0.5) is 0 Å². The molecule has 26 heavy (non-hydrogen) atoms. The van der Waals surface area contributed by atoms with Gasteiger partial charge in [0.15, 0.2) is 6.23 Å². The van der Waals surface area contributed by atoms with Crippen molar-refractivity contribution in [1.82, 2.24) is 14.9 Å². The zero-order chi connectivity index (χ0) is 19.6. The Kier molecular flexibility index (Phi) is 6.29. The number of aliphatic hydroxyl groups is 2. The topological polar surface area (TPSA) is 134 Å². The van der Waals surface area contributed by atoms with Gasteiger partial charge in [0.2, 0.25) is 5.91 Å². The van der Waals surface area contributed by atoms with Crippen LogP contribution >= 0.6 is 6.89 Å². The van der Waals surface area contributed by atoms with Gasteiger partial charge in [0.25, 0.3) is 5.56 Å². The molecule has 0 bridgehead atoms. The van der Waals surface area contributed by atoms with Crippen LogP contribution < -0.4 is 16.6 Å². The molecule has 4 atom stereocenters. The van der Waals surface area contributed by atoms with E-state index < -0.39 is 42.7 Å². The van der Waals surface area contributed by atoms with Crippen molar-refractivity contribution in [3.63, 3.8) is 0 Å².